The van der Waals surface area contributed by atoms with E-state index in [1.54, 1.807) is 6.92 Å². The third kappa shape index (κ3) is 4.81. The Morgan fingerprint density at radius 3 is 2.14 bits per heavy atom. The van der Waals surface area contributed by atoms with Crippen molar-refractivity contribution in [1.82, 2.24) is 5.32 Å². The van der Waals surface area contributed by atoms with E-state index in [2.05, 4.69) is 5.32 Å². The number of carboxylic acids is 1. The van der Waals surface area contributed by atoms with Gasteiger partial charge in [0.1, 0.15) is 6.04 Å². The molecule has 82 valence electrons. The van der Waals surface area contributed by atoms with Crippen molar-refractivity contribution >= 4 is 11.9 Å². The molecule has 0 aromatic rings. The van der Waals surface area contributed by atoms with E-state index in [0.29, 0.717) is 0 Å². The molecule has 0 aromatic heterocycles. The second-order valence-corrected chi connectivity index (χ2v) is 3.80. The molecule has 0 aliphatic heterocycles. The zero-order valence-corrected chi connectivity index (χ0v) is 8.78. The van der Waals surface area contributed by atoms with Gasteiger partial charge in [-0.2, -0.15) is 0 Å². The summed E-state index contributed by atoms with van der Waals surface area (Å²) in [7, 11) is 0. The number of primary amides is 1. The van der Waals surface area contributed by atoms with Gasteiger partial charge in [-0.05, 0) is 12.8 Å². The molecule has 0 radical (unpaired) electrons. The summed E-state index contributed by atoms with van der Waals surface area (Å²) in [6, 6.07) is -0.847. The number of carbonyl (C=O) groups excluding carboxylic acids is 1. The predicted molar refractivity (Wildman–Crippen MR) is 52.7 cm³/mol. The topological polar surface area (TPSA) is 92.4 Å². The molecule has 0 bridgehead atoms. The second-order valence-electron chi connectivity index (χ2n) is 3.80. The number of rotatable bonds is 6. The van der Waals surface area contributed by atoms with Gasteiger partial charge < -0.3 is 16.2 Å². The highest BCUT2D eigenvalue weighted by atomic mass is 16.4. The quantitative estimate of drug-likeness (QED) is 0.563. The van der Waals surface area contributed by atoms with Gasteiger partial charge in [0.25, 0.3) is 0 Å². The number of amides is 1. The molecular formula is C9H18N2O3. The maximum absolute atomic E-state index is 10.8. The average Bonchev–Trinajstić information content (AvgIpc) is 1.97. The van der Waals surface area contributed by atoms with E-state index in [-0.39, 0.29) is 18.4 Å². The Balaban J connectivity index is 4.16. The molecule has 0 fully saturated rings. The molecule has 0 heterocycles. The zero-order chi connectivity index (χ0) is 11.3. The van der Waals surface area contributed by atoms with Crippen LogP contribution < -0.4 is 11.1 Å². The van der Waals surface area contributed by atoms with Crippen LogP contribution >= 0.6 is 0 Å². The van der Waals surface area contributed by atoms with Gasteiger partial charge in [-0.3, -0.25) is 9.59 Å². The smallest absolute Gasteiger partial charge is 0.320 e. The van der Waals surface area contributed by atoms with E-state index in [1.807, 2.05) is 13.8 Å². The largest absolute Gasteiger partial charge is 0.480 e. The van der Waals surface area contributed by atoms with Crippen LogP contribution in [0.3, 0.4) is 0 Å². The highest BCUT2D eigenvalue weighted by molar-refractivity contribution is 5.75. The summed E-state index contributed by atoms with van der Waals surface area (Å²) >= 11 is 0. The molecule has 0 saturated heterocycles. The van der Waals surface area contributed by atoms with Crippen LogP contribution in [0.1, 0.15) is 27.2 Å². The highest BCUT2D eigenvalue weighted by Crippen LogP contribution is 2.04. The molecule has 5 nitrogen and oxygen atoms in total. The third-order valence-corrected chi connectivity index (χ3v) is 1.90. The lowest BCUT2D eigenvalue weighted by atomic mass is 10.0. The molecule has 2 atom stereocenters. The summed E-state index contributed by atoms with van der Waals surface area (Å²) in [5.41, 5.74) is 4.99. The number of hydrogen-bond donors (Lipinski definition) is 3. The first-order chi connectivity index (χ1) is 6.34. The molecule has 4 N–H and O–H groups in total. The van der Waals surface area contributed by atoms with Crippen molar-refractivity contribution in [3.63, 3.8) is 0 Å². The van der Waals surface area contributed by atoms with E-state index < -0.39 is 17.9 Å². The molecule has 0 aromatic carbocycles. The van der Waals surface area contributed by atoms with Crippen LogP contribution in [0.25, 0.3) is 0 Å². The lowest BCUT2D eigenvalue weighted by Crippen LogP contribution is -2.46. The van der Waals surface area contributed by atoms with E-state index in [1.165, 1.54) is 0 Å². The SMILES string of the molecule is CC(CC(N)=O)NC(C(=O)O)C(C)C. The van der Waals surface area contributed by atoms with Crippen LogP contribution in [0.15, 0.2) is 0 Å². The Bertz CT molecular complexity index is 216. The Morgan fingerprint density at radius 2 is 1.86 bits per heavy atom. The molecular weight excluding hydrogens is 184 g/mol. The first-order valence-corrected chi connectivity index (χ1v) is 4.61. The number of carboxylic acid groups (broad SMARTS) is 1. The molecule has 0 spiro atoms. The number of nitrogens with two attached hydrogens (primary N) is 1. The Kier molecular flexibility index (Phi) is 5.15. The second kappa shape index (κ2) is 5.59. The van der Waals surface area contributed by atoms with Gasteiger partial charge in [0.15, 0.2) is 0 Å². The van der Waals surface area contributed by atoms with Crippen molar-refractivity contribution in [2.45, 2.75) is 39.3 Å². The standard InChI is InChI=1S/C9H18N2O3/c1-5(2)8(9(13)14)11-6(3)4-7(10)12/h5-6,8,11H,4H2,1-3H3,(H2,10,12)(H,13,14). The van der Waals surface area contributed by atoms with E-state index in [0.717, 1.165) is 0 Å². The van der Waals surface area contributed by atoms with Gasteiger partial charge in [-0.15, -0.1) is 0 Å². The normalized spacial score (nSPS) is 15.1. The van der Waals surface area contributed by atoms with Crippen LogP contribution in [0.5, 0.6) is 0 Å². The van der Waals surface area contributed by atoms with Crippen molar-refractivity contribution in [2.24, 2.45) is 11.7 Å². The van der Waals surface area contributed by atoms with Crippen LogP contribution in [-0.2, 0) is 9.59 Å². The fourth-order valence-electron chi connectivity index (χ4n) is 1.22. The molecule has 2 unspecified atom stereocenters. The number of carbonyl (C=O) groups is 2. The lowest BCUT2D eigenvalue weighted by Gasteiger charge is -2.21. The molecule has 0 saturated carbocycles. The summed E-state index contributed by atoms with van der Waals surface area (Å²) in [5, 5.41) is 11.7. The highest BCUT2D eigenvalue weighted by Gasteiger charge is 2.23. The monoisotopic (exact) mass is 202 g/mol. The van der Waals surface area contributed by atoms with Gasteiger partial charge in [-0.1, -0.05) is 13.8 Å². The van der Waals surface area contributed by atoms with Crippen molar-refractivity contribution in [2.75, 3.05) is 0 Å². The number of aliphatic carboxylic acids is 1. The molecule has 0 rings (SSSR count). The Hall–Kier alpha value is -1.10. The lowest BCUT2D eigenvalue weighted by molar-refractivity contribution is -0.141. The fourth-order valence-corrected chi connectivity index (χ4v) is 1.22. The van der Waals surface area contributed by atoms with Crippen LogP contribution in [0, 0.1) is 5.92 Å². The molecule has 0 aliphatic carbocycles. The van der Waals surface area contributed by atoms with E-state index in [4.69, 9.17) is 10.8 Å². The summed E-state index contributed by atoms with van der Waals surface area (Å²) in [6.07, 6.45) is 0.149. The molecule has 0 aliphatic rings. The molecule has 5 heteroatoms. The van der Waals surface area contributed by atoms with Crippen LogP contribution in [0.2, 0.25) is 0 Å². The first kappa shape index (κ1) is 12.9. The van der Waals surface area contributed by atoms with Gasteiger partial charge in [0.05, 0.1) is 0 Å². The molecule has 14 heavy (non-hydrogen) atoms. The maximum atomic E-state index is 10.8. The number of hydrogen-bond acceptors (Lipinski definition) is 3. The van der Waals surface area contributed by atoms with Gasteiger partial charge in [0, 0.05) is 12.5 Å². The van der Waals surface area contributed by atoms with Gasteiger partial charge in [0.2, 0.25) is 5.91 Å². The minimum absolute atomic E-state index is 0.0252. The van der Waals surface area contributed by atoms with Gasteiger partial charge >= 0.3 is 5.97 Å². The minimum atomic E-state index is -0.906. The minimum Gasteiger partial charge on any atom is -0.480 e. The zero-order valence-electron chi connectivity index (χ0n) is 8.78. The first-order valence-electron chi connectivity index (χ1n) is 4.61. The maximum Gasteiger partial charge on any atom is 0.320 e. The predicted octanol–water partition coefficient (Wildman–Crippen LogP) is -0.0509. The van der Waals surface area contributed by atoms with Crippen molar-refractivity contribution < 1.29 is 14.7 Å². The number of nitrogens with one attached hydrogen (secondary N) is 1. The van der Waals surface area contributed by atoms with Crippen molar-refractivity contribution in [3.8, 4) is 0 Å². The summed E-state index contributed by atoms with van der Waals surface area (Å²) < 4.78 is 0. The average molecular weight is 202 g/mol. The summed E-state index contributed by atoms with van der Waals surface area (Å²) in [5.74, 6) is -1.36. The Morgan fingerprint density at radius 1 is 1.36 bits per heavy atom. The van der Waals surface area contributed by atoms with Crippen molar-refractivity contribution in [3.05, 3.63) is 0 Å². The third-order valence-electron chi connectivity index (χ3n) is 1.90. The molecule has 1 amide bonds. The van der Waals surface area contributed by atoms with Crippen LogP contribution in [0.4, 0.5) is 0 Å². The fraction of sp³-hybridized carbons (Fsp3) is 0.778. The summed E-state index contributed by atoms with van der Waals surface area (Å²) in [6.45, 7) is 5.36. The van der Waals surface area contributed by atoms with Crippen molar-refractivity contribution in [1.29, 1.82) is 0 Å². The van der Waals surface area contributed by atoms with Crippen LogP contribution in [-0.4, -0.2) is 29.1 Å². The van der Waals surface area contributed by atoms with E-state index in [9.17, 15) is 9.59 Å². The Labute approximate surface area is 83.7 Å². The van der Waals surface area contributed by atoms with E-state index >= 15 is 0 Å². The summed E-state index contributed by atoms with van der Waals surface area (Å²) in [4.78, 5) is 21.3. The van der Waals surface area contributed by atoms with Gasteiger partial charge in [-0.25, -0.2) is 0 Å².